The van der Waals surface area contributed by atoms with Crippen molar-refractivity contribution in [1.82, 2.24) is 0 Å². The predicted octanol–water partition coefficient (Wildman–Crippen LogP) is 9.61. The van der Waals surface area contributed by atoms with Crippen LogP contribution >= 0.6 is 7.82 Å². The molecule has 0 saturated heterocycles. The largest absolute Gasteiger partial charge is 0.472 e. The number of phosphoric ester groups is 1. The first kappa shape index (κ1) is 59.5. The fourth-order valence-electron chi connectivity index (χ4n) is 6.30. The molecule has 0 amide bonds. The highest BCUT2D eigenvalue weighted by Crippen LogP contribution is 2.47. The summed E-state index contributed by atoms with van der Waals surface area (Å²) in [7, 11) is -5.15. The molecule has 0 bridgehead atoms. The molecule has 13 nitrogen and oxygen atoms in total. The molecule has 6 N–H and O–H groups in total. The SMILES string of the molecule is CC/C=C\C/C=C\C/C=C\C/C=C\C/C=C\CCCC(=O)O[C@H](COC(=O)CCCCC/C=C\C/C=C\C/C=C\C/C=C\CCCCC)COP(=O)(O)OC1C(O)C(O)C(O)[C@@H](O)C1O. The molecule has 0 radical (unpaired) electrons. The monoisotopic (exact) mass is 933 g/mol. The summed E-state index contributed by atoms with van der Waals surface area (Å²) in [5.41, 5.74) is 0. The van der Waals surface area contributed by atoms with Crippen molar-refractivity contribution in [2.24, 2.45) is 0 Å². The first-order valence-corrected chi connectivity index (χ1v) is 25.2. The number of esters is 2. The van der Waals surface area contributed by atoms with Crippen molar-refractivity contribution in [3.63, 3.8) is 0 Å². The van der Waals surface area contributed by atoms with Gasteiger partial charge in [-0.05, 0) is 96.3 Å². The molecule has 8 atom stereocenters. The van der Waals surface area contributed by atoms with E-state index < -0.39 is 75.7 Å². The maximum Gasteiger partial charge on any atom is 0.472 e. The fourth-order valence-corrected chi connectivity index (χ4v) is 7.28. The first-order valence-electron chi connectivity index (χ1n) is 23.7. The van der Waals surface area contributed by atoms with Crippen molar-refractivity contribution in [3.05, 3.63) is 109 Å². The topological polar surface area (TPSA) is 210 Å². The molecule has 14 heteroatoms. The van der Waals surface area contributed by atoms with Gasteiger partial charge in [-0.25, -0.2) is 4.57 Å². The second kappa shape index (κ2) is 39.7. The Morgan fingerprint density at radius 3 is 1.35 bits per heavy atom. The lowest BCUT2D eigenvalue weighted by atomic mass is 9.85. The summed E-state index contributed by atoms with van der Waals surface area (Å²) >= 11 is 0. The number of rotatable bonds is 37. The lowest BCUT2D eigenvalue weighted by Gasteiger charge is -2.41. The van der Waals surface area contributed by atoms with Gasteiger partial charge < -0.3 is 39.9 Å². The van der Waals surface area contributed by atoms with Crippen LogP contribution in [0.3, 0.4) is 0 Å². The number of phosphoric acid groups is 1. The van der Waals surface area contributed by atoms with Crippen LogP contribution in [0, 0.1) is 0 Å². The van der Waals surface area contributed by atoms with Gasteiger partial charge in [0.25, 0.3) is 0 Å². The molecule has 6 unspecified atom stereocenters. The van der Waals surface area contributed by atoms with Crippen molar-refractivity contribution in [1.29, 1.82) is 0 Å². The minimum absolute atomic E-state index is 0.00401. The number of ether oxygens (including phenoxy) is 2. The molecule has 368 valence electrons. The van der Waals surface area contributed by atoms with E-state index in [-0.39, 0.29) is 12.8 Å². The lowest BCUT2D eigenvalue weighted by molar-refractivity contribution is -0.220. The number of carbonyl (C=O) groups is 2. The molecular formula is C51H81O13P. The lowest BCUT2D eigenvalue weighted by Crippen LogP contribution is -2.64. The fraction of sp³-hybridized carbons (Fsp3) is 0.608. The van der Waals surface area contributed by atoms with Crippen molar-refractivity contribution in [3.8, 4) is 0 Å². The van der Waals surface area contributed by atoms with Crippen molar-refractivity contribution in [2.45, 2.75) is 185 Å². The zero-order valence-electron chi connectivity index (χ0n) is 39.0. The average molecular weight is 933 g/mol. The second-order valence-corrected chi connectivity index (χ2v) is 17.3. The molecule has 0 aliphatic heterocycles. The highest BCUT2D eigenvalue weighted by Gasteiger charge is 2.51. The van der Waals surface area contributed by atoms with Crippen molar-refractivity contribution >= 4 is 19.8 Å². The van der Waals surface area contributed by atoms with Gasteiger partial charge in [0.2, 0.25) is 0 Å². The molecule has 0 aromatic heterocycles. The van der Waals surface area contributed by atoms with E-state index in [9.17, 15) is 44.6 Å². The Kier molecular flexibility index (Phi) is 36.3. The third-order valence-electron chi connectivity index (χ3n) is 10.1. The smallest absolute Gasteiger partial charge is 0.462 e. The molecule has 1 fully saturated rings. The van der Waals surface area contributed by atoms with Gasteiger partial charge in [0.15, 0.2) is 6.10 Å². The molecule has 65 heavy (non-hydrogen) atoms. The first-order chi connectivity index (χ1) is 31.4. The van der Waals surface area contributed by atoms with Crippen LogP contribution in [0.4, 0.5) is 0 Å². The Hall–Kier alpha value is -3.49. The van der Waals surface area contributed by atoms with Gasteiger partial charge in [-0.3, -0.25) is 18.6 Å². The van der Waals surface area contributed by atoms with Crippen molar-refractivity contribution < 1.29 is 63.1 Å². The number of unbranched alkanes of at least 4 members (excludes halogenated alkanes) is 7. The number of aliphatic hydroxyl groups is 5. The Bertz CT molecular complexity index is 1550. The number of carbonyl (C=O) groups excluding carboxylic acids is 2. The van der Waals surface area contributed by atoms with E-state index in [1.807, 2.05) is 12.2 Å². The highest BCUT2D eigenvalue weighted by molar-refractivity contribution is 7.47. The summed E-state index contributed by atoms with van der Waals surface area (Å²) in [6, 6.07) is 0. The van der Waals surface area contributed by atoms with Crippen LogP contribution in [0.2, 0.25) is 0 Å². The van der Waals surface area contributed by atoms with E-state index in [0.29, 0.717) is 19.3 Å². The molecule has 0 spiro atoms. The van der Waals surface area contributed by atoms with Crippen LogP contribution < -0.4 is 0 Å². The Labute approximate surface area is 389 Å². The molecular weight excluding hydrogens is 852 g/mol. The van der Waals surface area contributed by atoms with Crippen LogP contribution in [0.1, 0.15) is 142 Å². The maximum atomic E-state index is 12.8. The number of aliphatic hydroxyl groups excluding tert-OH is 5. The van der Waals surface area contributed by atoms with Crippen LogP contribution in [-0.4, -0.2) is 98.3 Å². The zero-order chi connectivity index (χ0) is 47.8. The number of allylic oxidation sites excluding steroid dienone is 18. The van der Waals surface area contributed by atoms with E-state index >= 15 is 0 Å². The van der Waals surface area contributed by atoms with Crippen LogP contribution in [-0.2, 0) is 32.7 Å². The molecule has 1 rings (SSSR count). The Morgan fingerprint density at radius 1 is 0.492 bits per heavy atom. The van der Waals surface area contributed by atoms with Gasteiger partial charge in [0, 0.05) is 12.8 Å². The maximum absolute atomic E-state index is 12.8. The second-order valence-electron chi connectivity index (χ2n) is 15.9. The standard InChI is InChI=1S/C51H81O13P/c1-3-5-7-9-11-13-15-17-19-21-22-24-25-27-29-31-33-35-37-39-44(52)61-41-43(42-62-65(59,60)64-51-49(57)47(55)46(54)48(56)50(51)58)63-45(53)40-38-36-34-32-30-28-26-23-20-18-16-14-12-10-8-6-4-2/h6,8,11-14,17-20,22,24,26-29,32,34,43,46-51,54-58H,3-5,7,9-10,15-16,21,23,25,30-31,33,35-42H2,1-2H3,(H,59,60)/b8-6-,13-11-,14-12-,19-17-,20-18-,24-22-,28-26-,29-27-,34-32-/t43-,46?,47-,48?,49?,50?,51?/m1/s1. The normalized spacial score (nSPS) is 22.4. The van der Waals surface area contributed by atoms with Gasteiger partial charge in [-0.1, -0.05) is 142 Å². The number of hydrogen-bond donors (Lipinski definition) is 6. The van der Waals surface area contributed by atoms with Crippen molar-refractivity contribution in [2.75, 3.05) is 13.2 Å². The quantitative estimate of drug-likeness (QED) is 0.0149. The van der Waals surface area contributed by atoms with Gasteiger partial charge >= 0.3 is 19.8 Å². The summed E-state index contributed by atoms with van der Waals surface area (Å²) in [6.07, 6.45) is 41.4. The molecule has 1 aliphatic carbocycles. The van der Waals surface area contributed by atoms with Gasteiger partial charge in [0.05, 0.1) is 6.61 Å². The summed E-state index contributed by atoms with van der Waals surface area (Å²) in [6.45, 7) is 3.07. The summed E-state index contributed by atoms with van der Waals surface area (Å²) in [5, 5.41) is 50.2. The minimum atomic E-state index is -5.15. The molecule has 0 heterocycles. The van der Waals surface area contributed by atoms with E-state index in [0.717, 1.165) is 77.0 Å². The highest BCUT2D eigenvalue weighted by atomic mass is 31.2. The third-order valence-corrected chi connectivity index (χ3v) is 11.1. The summed E-state index contributed by atoms with van der Waals surface area (Å²) in [4.78, 5) is 35.7. The Balaban J connectivity index is 2.53. The van der Waals surface area contributed by atoms with E-state index in [4.69, 9.17) is 18.5 Å². The molecule has 0 aromatic rings. The van der Waals surface area contributed by atoms with E-state index in [1.54, 1.807) is 0 Å². The minimum Gasteiger partial charge on any atom is -0.462 e. The zero-order valence-corrected chi connectivity index (χ0v) is 39.9. The predicted molar refractivity (Wildman–Crippen MR) is 257 cm³/mol. The molecule has 1 aliphatic rings. The van der Waals surface area contributed by atoms with Gasteiger partial charge in [-0.15, -0.1) is 0 Å². The molecule has 1 saturated carbocycles. The Morgan fingerprint density at radius 2 is 0.892 bits per heavy atom. The number of hydrogen-bond acceptors (Lipinski definition) is 12. The van der Waals surface area contributed by atoms with Crippen LogP contribution in [0.25, 0.3) is 0 Å². The average Bonchev–Trinajstić information content (AvgIpc) is 3.29. The summed E-state index contributed by atoms with van der Waals surface area (Å²) in [5.74, 6) is -1.22. The third kappa shape index (κ3) is 32.0. The van der Waals surface area contributed by atoms with E-state index in [1.165, 1.54) is 19.3 Å². The van der Waals surface area contributed by atoms with Crippen LogP contribution in [0.15, 0.2) is 109 Å². The van der Waals surface area contributed by atoms with Gasteiger partial charge in [0.1, 0.15) is 43.2 Å². The van der Waals surface area contributed by atoms with Gasteiger partial charge in [-0.2, -0.15) is 0 Å². The summed E-state index contributed by atoms with van der Waals surface area (Å²) < 4.78 is 33.5. The van der Waals surface area contributed by atoms with Crippen LogP contribution in [0.5, 0.6) is 0 Å². The molecule has 0 aromatic carbocycles. The van der Waals surface area contributed by atoms with E-state index in [2.05, 4.69) is 111 Å².